The number of carbonyl (C=O) groups is 1. The molecule has 0 radical (unpaired) electrons. The average Bonchev–Trinajstić information content (AvgIpc) is 2.34. The fourth-order valence-electron chi connectivity index (χ4n) is 1.93. The molecule has 2 rings (SSSR count). The zero-order valence-electron chi connectivity index (χ0n) is 10.5. The van der Waals surface area contributed by atoms with Gasteiger partial charge in [-0.2, -0.15) is 0 Å². The number of ketones is 1. The standard InChI is InChI=1S/C16H15FO/c1-11-6-7-12(2)14(8-11)10-16(18)13-4-3-5-15(17)9-13/h3-9H,10H2,1-2H3. The number of hydrogen-bond acceptors (Lipinski definition) is 1. The lowest BCUT2D eigenvalue weighted by Gasteiger charge is -2.06. The van der Waals surface area contributed by atoms with Gasteiger partial charge in [0.05, 0.1) is 0 Å². The molecular weight excluding hydrogens is 227 g/mol. The summed E-state index contributed by atoms with van der Waals surface area (Å²) in [7, 11) is 0. The normalized spacial score (nSPS) is 10.4. The van der Waals surface area contributed by atoms with Gasteiger partial charge in [-0.05, 0) is 37.1 Å². The number of aryl methyl sites for hydroxylation is 2. The Morgan fingerprint density at radius 2 is 1.89 bits per heavy atom. The lowest BCUT2D eigenvalue weighted by Crippen LogP contribution is -2.05. The average molecular weight is 242 g/mol. The van der Waals surface area contributed by atoms with E-state index in [0.29, 0.717) is 12.0 Å². The Labute approximate surface area is 106 Å². The molecule has 0 N–H and O–H groups in total. The third-order valence-electron chi connectivity index (χ3n) is 3.00. The van der Waals surface area contributed by atoms with Gasteiger partial charge in [0.2, 0.25) is 0 Å². The first kappa shape index (κ1) is 12.5. The Kier molecular flexibility index (Phi) is 3.56. The predicted molar refractivity (Wildman–Crippen MR) is 70.4 cm³/mol. The first-order valence-electron chi connectivity index (χ1n) is 5.91. The van der Waals surface area contributed by atoms with E-state index in [1.165, 1.54) is 12.1 Å². The molecule has 0 spiro atoms. The van der Waals surface area contributed by atoms with Crippen LogP contribution in [0.25, 0.3) is 0 Å². The number of hydrogen-bond donors (Lipinski definition) is 0. The van der Waals surface area contributed by atoms with Gasteiger partial charge in [-0.25, -0.2) is 4.39 Å². The highest BCUT2D eigenvalue weighted by molar-refractivity contribution is 5.97. The monoisotopic (exact) mass is 242 g/mol. The van der Waals surface area contributed by atoms with Crippen molar-refractivity contribution < 1.29 is 9.18 Å². The van der Waals surface area contributed by atoms with Crippen LogP contribution < -0.4 is 0 Å². The lowest BCUT2D eigenvalue weighted by molar-refractivity contribution is 0.0992. The second kappa shape index (κ2) is 5.13. The maximum Gasteiger partial charge on any atom is 0.167 e. The molecule has 2 aromatic rings. The van der Waals surface area contributed by atoms with Crippen LogP contribution in [0.2, 0.25) is 0 Å². The van der Waals surface area contributed by atoms with Gasteiger partial charge in [0, 0.05) is 12.0 Å². The van der Waals surface area contributed by atoms with Crippen molar-refractivity contribution in [1.29, 1.82) is 0 Å². The highest BCUT2D eigenvalue weighted by Crippen LogP contribution is 2.14. The quantitative estimate of drug-likeness (QED) is 0.747. The summed E-state index contributed by atoms with van der Waals surface area (Å²) in [4.78, 5) is 12.1. The van der Waals surface area contributed by atoms with E-state index < -0.39 is 0 Å². The molecule has 0 unspecified atom stereocenters. The van der Waals surface area contributed by atoms with Crippen molar-refractivity contribution in [3.05, 3.63) is 70.5 Å². The smallest absolute Gasteiger partial charge is 0.167 e. The number of halogens is 1. The van der Waals surface area contributed by atoms with Crippen LogP contribution in [-0.4, -0.2) is 5.78 Å². The highest BCUT2D eigenvalue weighted by Gasteiger charge is 2.09. The molecule has 92 valence electrons. The van der Waals surface area contributed by atoms with Crippen molar-refractivity contribution in [3.8, 4) is 0 Å². The molecule has 0 aliphatic heterocycles. The fraction of sp³-hybridized carbons (Fsp3) is 0.188. The largest absolute Gasteiger partial charge is 0.294 e. The SMILES string of the molecule is Cc1ccc(C)c(CC(=O)c2cccc(F)c2)c1. The topological polar surface area (TPSA) is 17.1 Å². The van der Waals surface area contributed by atoms with E-state index in [0.717, 1.165) is 16.7 Å². The molecule has 0 fully saturated rings. The second-order valence-electron chi connectivity index (χ2n) is 4.54. The van der Waals surface area contributed by atoms with Gasteiger partial charge in [-0.3, -0.25) is 4.79 Å². The minimum absolute atomic E-state index is 0.0526. The molecule has 0 aliphatic carbocycles. The third kappa shape index (κ3) is 2.83. The first-order chi connectivity index (χ1) is 8.56. The maximum absolute atomic E-state index is 13.1. The zero-order valence-corrected chi connectivity index (χ0v) is 10.5. The van der Waals surface area contributed by atoms with E-state index in [-0.39, 0.29) is 11.6 Å². The number of rotatable bonds is 3. The minimum Gasteiger partial charge on any atom is -0.294 e. The lowest BCUT2D eigenvalue weighted by atomic mass is 9.98. The van der Waals surface area contributed by atoms with Crippen molar-refractivity contribution in [2.24, 2.45) is 0 Å². The predicted octanol–water partition coefficient (Wildman–Crippen LogP) is 3.87. The van der Waals surface area contributed by atoms with Crippen LogP contribution in [0.3, 0.4) is 0 Å². The van der Waals surface area contributed by atoms with Crippen molar-refractivity contribution in [2.75, 3.05) is 0 Å². The second-order valence-corrected chi connectivity index (χ2v) is 4.54. The zero-order chi connectivity index (χ0) is 13.1. The molecule has 0 atom stereocenters. The van der Waals surface area contributed by atoms with Gasteiger partial charge in [0.25, 0.3) is 0 Å². The van der Waals surface area contributed by atoms with Crippen LogP contribution in [0.4, 0.5) is 4.39 Å². The Hall–Kier alpha value is -1.96. The summed E-state index contributed by atoms with van der Waals surface area (Å²) >= 11 is 0. The maximum atomic E-state index is 13.1. The molecule has 0 saturated heterocycles. The van der Waals surface area contributed by atoms with Crippen molar-refractivity contribution >= 4 is 5.78 Å². The molecule has 0 aromatic heterocycles. The molecule has 0 bridgehead atoms. The third-order valence-corrected chi connectivity index (χ3v) is 3.00. The van der Waals surface area contributed by atoms with E-state index >= 15 is 0 Å². The fourth-order valence-corrected chi connectivity index (χ4v) is 1.93. The van der Waals surface area contributed by atoms with Crippen LogP contribution in [0.15, 0.2) is 42.5 Å². The van der Waals surface area contributed by atoms with Crippen LogP contribution >= 0.6 is 0 Å². The van der Waals surface area contributed by atoms with E-state index in [1.807, 2.05) is 32.0 Å². The molecule has 0 heterocycles. The molecule has 0 amide bonds. The highest BCUT2D eigenvalue weighted by atomic mass is 19.1. The Balaban J connectivity index is 2.24. The summed E-state index contributed by atoms with van der Waals surface area (Å²) in [5, 5.41) is 0. The molecule has 18 heavy (non-hydrogen) atoms. The van der Waals surface area contributed by atoms with E-state index in [1.54, 1.807) is 12.1 Å². The number of benzene rings is 2. The van der Waals surface area contributed by atoms with E-state index in [9.17, 15) is 9.18 Å². The molecule has 0 aliphatic rings. The molecular formula is C16H15FO. The van der Waals surface area contributed by atoms with Crippen molar-refractivity contribution in [3.63, 3.8) is 0 Å². The Morgan fingerprint density at radius 3 is 2.61 bits per heavy atom. The van der Waals surface area contributed by atoms with Gasteiger partial charge in [0.1, 0.15) is 5.82 Å². The summed E-state index contributed by atoms with van der Waals surface area (Å²) in [5.74, 6) is -0.426. The Morgan fingerprint density at radius 1 is 1.11 bits per heavy atom. The van der Waals surface area contributed by atoms with Gasteiger partial charge in [-0.15, -0.1) is 0 Å². The van der Waals surface area contributed by atoms with Crippen molar-refractivity contribution in [1.82, 2.24) is 0 Å². The molecule has 0 saturated carbocycles. The molecule has 1 nitrogen and oxygen atoms in total. The number of carbonyl (C=O) groups excluding carboxylic acids is 1. The van der Waals surface area contributed by atoms with Gasteiger partial charge < -0.3 is 0 Å². The van der Waals surface area contributed by atoms with Gasteiger partial charge in [0.15, 0.2) is 5.78 Å². The molecule has 2 heteroatoms. The van der Waals surface area contributed by atoms with E-state index in [4.69, 9.17) is 0 Å². The van der Waals surface area contributed by atoms with Crippen LogP contribution in [0.1, 0.15) is 27.0 Å². The summed E-state index contributed by atoms with van der Waals surface area (Å²) in [6, 6.07) is 11.9. The summed E-state index contributed by atoms with van der Waals surface area (Å²) in [6.45, 7) is 3.98. The number of Topliss-reactive ketones (excluding diaryl/α,β-unsaturated/α-hetero) is 1. The van der Waals surface area contributed by atoms with Crippen molar-refractivity contribution in [2.45, 2.75) is 20.3 Å². The van der Waals surface area contributed by atoms with Gasteiger partial charge in [-0.1, -0.05) is 35.9 Å². The Bertz CT molecular complexity index is 587. The van der Waals surface area contributed by atoms with Crippen LogP contribution in [0, 0.1) is 19.7 Å². The summed E-state index contributed by atoms with van der Waals surface area (Å²) in [5.41, 5.74) is 3.65. The molecule has 2 aromatic carbocycles. The summed E-state index contributed by atoms with van der Waals surface area (Å²) < 4.78 is 13.1. The van der Waals surface area contributed by atoms with Crippen LogP contribution in [-0.2, 0) is 6.42 Å². The summed E-state index contributed by atoms with van der Waals surface area (Å²) in [6.07, 6.45) is 0.316. The van der Waals surface area contributed by atoms with E-state index in [2.05, 4.69) is 0 Å². The minimum atomic E-state index is -0.373. The van der Waals surface area contributed by atoms with Gasteiger partial charge >= 0.3 is 0 Å². The van der Waals surface area contributed by atoms with Crippen LogP contribution in [0.5, 0.6) is 0 Å². The first-order valence-corrected chi connectivity index (χ1v) is 5.91.